The van der Waals surface area contributed by atoms with Crippen LogP contribution in [0.15, 0.2) is 18.2 Å². The molecular weight excluding hydrogens is 315 g/mol. The van der Waals surface area contributed by atoms with Crippen LogP contribution >= 0.6 is 11.6 Å². The monoisotopic (exact) mass is 326 g/mol. The minimum absolute atomic E-state index is 0.136. The van der Waals surface area contributed by atoms with Crippen molar-refractivity contribution < 1.29 is 18.7 Å². The van der Waals surface area contributed by atoms with Crippen LogP contribution in [0, 0.1) is 12.7 Å². The van der Waals surface area contributed by atoms with E-state index in [0.29, 0.717) is 5.82 Å². The van der Waals surface area contributed by atoms with Crippen LogP contribution in [0.2, 0.25) is 5.02 Å². The summed E-state index contributed by atoms with van der Waals surface area (Å²) in [6.45, 7) is 1.78. The van der Waals surface area contributed by atoms with Crippen molar-refractivity contribution in [1.29, 1.82) is 0 Å². The summed E-state index contributed by atoms with van der Waals surface area (Å²) in [5, 5.41) is 11.1. The lowest BCUT2D eigenvalue weighted by molar-refractivity contribution is 0.0595. The van der Waals surface area contributed by atoms with Crippen LogP contribution < -0.4 is 10.6 Å². The van der Waals surface area contributed by atoms with E-state index in [4.69, 9.17) is 11.6 Å². The molecule has 0 saturated carbocycles. The van der Waals surface area contributed by atoms with Gasteiger partial charge in [-0.05, 0) is 19.1 Å². The number of ether oxygens (including phenoxy) is 1. The Morgan fingerprint density at radius 1 is 1.32 bits per heavy atom. The highest BCUT2D eigenvalue weighted by atomic mass is 35.5. The number of H-pyrrole nitrogens is 1. The number of carbonyl (C=O) groups is 2. The third-order valence-electron chi connectivity index (χ3n) is 2.64. The van der Waals surface area contributed by atoms with Crippen LogP contribution in [0.5, 0.6) is 0 Å². The van der Waals surface area contributed by atoms with Crippen molar-refractivity contribution in [3.8, 4) is 0 Å². The van der Waals surface area contributed by atoms with E-state index in [0.717, 1.165) is 18.9 Å². The maximum absolute atomic E-state index is 13.7. The predicted molar refractivity (Wildman–Crippen MR) is 78.7 cm³/mol. The van der Waals surface area contributed by atoms with Crippen molar-refractivity contribution in [2.75, 3.05) is 17.7 Å². The van der Waals surface area contributed by atoms with Gasteiger partial charge in [0, 0.05) is 17.4 Å². The van der Waals surface area contributed by atoms with Gasteiger partial charge in [-0.15, -0.1) is 0 Å². The van der Waals surface area contributed by atoms with Crippen molar-refractivity contribution in [3.05, 3.63) is 40.3 Å². The second kappa shape index (κ2) is 6.44. The summed E-state index contributed by atoms with van der Waals surface area (Å²) in [6.07, 6.45) is 0. The Balaban J connectivity index is 2.17. The number of nitrogens with one attached hydrogen (secondary N) is 3. The summed E-state index contributed by atoms with van der Waals surface area (Å²) in [4.78, 5) is 23.3. The van der Waals surface area contributed by atoms with E-state index in [1.54, 1.807) is 13.0 Å². The highest BCUT2D eigenvalue weighted by molar-refractivity contribution is 6.31. The zero-order chi connectivity index (χ0) is 16.3. The number of urea groups is 1. The Bertz CT molecular complexity index is 732. The van der Waals surface area contributed by atoms with Crippen LogP contribution in [0.4, 0.5) is 20.7 Å². The number of methoxy groups -OCH3 is 1. The molecule has 1 heterocycles. The average Bonchev–Trinajstić information content (AvgIpc) is 2.86. The molecule has 0 bridgehead atoms. The van der Waals surface area contributed by atoms with Gasteiger partial charge in [-0.2, -0.15) is 5.10 Å². The first-order valence-corrected chi connectivity index (χ1v) is 6.46. The maximum atomic E-state index is 13.7. The highest BCUT2D eigenvalue weighted by Gasteiger charge is 2.17. The Morgan fingerprint density at radius 3 is 2.64 bits per heavy atom. The lowest BCUT2D eigenvalue weighted by atomic mass is 10.2. The quantitative estimate of drug-likeness (QED) is 0.755. The Labute approximate surface area is 129 Å². The SMILES string of the molecule is COC(=O)c1cc(NC(=O)Nc2cc(C)[nH]n2)cc(Cl)c1F. The number of rotatable bonds is 3. The molecule has 0 saturated heterocycles. The van der Waals surface area contributed by atoms with Crippen LogP contribution in [-0.4, -0.2) is 29.3 Å². The van der Waals surface area contributed by atoms with Gasteiger partial charge in [0.25, 0.3) is 0 Å². The molecule has 22 heavy (non-hydrogen) atoms. The fraction of sp³-hybridized carbons (Fsp3) is 0.154. The number of hydrogen-bond donors (Lipinski definition) is 3. The summed E-state index contributed by atoms with van der Waals surface area (Å²) < 4.78 is 18.2. The number of amides is 2. The number of aromatic nitrogens is 2. The smallest absolute Gasteiger partial charge is 0.340 e. The molecule has 2 aromatic rings. The van der Waals surface area contributed by atoms with Gasteiger partial charge < -0.3 is 10.1 Å². The van der Waals surface area contributed by atoms with Gasteiger partial charge in [0.1, 0.15) is 0 Å². The number of aromatic amines is 1. The van der Waals surface area contributed by atoms with Crippen molar-refractivity contribution in [2.45, 2.75) is 6.92 Å². The Morgan fingerprint density at radius 2 is 2.05 bits per heavy atom. The van der Waals surface area contributed by atoms with Crippen molar-refractivity contribution in [3.63, 3.8) is 0 Å². The van der Waals surface area contributed by atoms with Crippen molar-refractivity contribution >= 4 is 35.1 Å². The number of anilines is 2. The van der Waals surface area contributed by atoms with Crippen molar-refractivity contribution in [2.24, 2.45) is 0 Å². The van der Waals surface area contributed by atoms with Gasteiger partial charge in [-0.1, -0.05) is 11.6 Å². The number of hydrogen-bond acceptors (Lipinski definition) is 4. The van der Waals surface area contributed by atoms with Crippen LogP contribution in [0.1, 0.15) is 16.1 Å². The molecule has 1 aromatic heterocycles. The molecule has 0 fully saturated rings. The number of nitrogens with zero attached hydrogens (tertiary/aromatic N) is 1. The molecule has 0 unspecified atom stereocenters. The van der Waals surface area contributed by atoms with E-state index < -0.39 is 17.8 Å². The average molecular weight is 327 g/mol. The first-order chi connectivity index (χ1) is 10.4. The molecule has 0 aliphatic heterocycles. The number of carbonyl (C=O) groups excluding carboxylic acids is 2. The van der Waals surface area contributed by atoms with Crippen LogP contribution in [0.3, 0.4) is 0 Å². The standard InChI is InChI=1S/C13H12ClFN4O3/c1-6-3-10(19-18-6)17-13(21)16-7-4-8(12(20)22-2)11(15)9(14)5-7/h3-5H,1-2H3,(H3,16,17,18,19,21). The van der Waals surface area contributed by atoms with Gasteiger partial charge in [0.05, 0.1) is 17.7 Å². The minimum Gasteiger partial charge on any atom is -0.465 e. The molecule has 0 aliphatic rings. The number of aryl methyl sites for hydroxylation is 1. The minimum atomic E-state index is -0.914. The largest absolute Gasteiger partial charge is 0.465 e. The third kappa shape index (κ3) is 3.53. The molecule has 0 atom stereocenters. The molecule has 0 aliphatic carbocycles. The fourth-order valence-electron chi connectivity index (χ4n) is 1.68. The molecule has 2 rings (SSSR count). The van der Waals surface area contributed by atoms with E-state index in [2.05, 4.69) is 25.6 Å². The van der Waals surface area contributed by atoms with E-state index in [1.807, 2.05) is 0 Å². The Hall–Kier alpha value is -2.61. The first-order valence-electron chi connectivity index (χ1n) is 6.08. The molecule has 0 radical (unpaired) electrons. The molecule has 2 amide bonds. The normalized spacial score (nSPS) is 10.2. The van der Waals surface area contributed by atoms with Gasteiger partial charge in [-0.3, -0.25) is 10.4 Å². The lowest BCUT2D eigenvalue weighted by Gasteiger charge is -2.09. The molecular formula is C13H12ClFN4O3. The topological polar surface area (TPSA) is 96.1 Å². The molecule has 9 heteroatoms. The summed E-state index contributed by atoms with van der Waals surface area (Å²) in [5.74, 6) is -1.50. The predicted octanol–water partition coefficient (Wildman–Crippen LogP) is 2.94. The molecule has 7 nitrogen and oxygen atoms in total. The zero-order valence-corrected chi connectivity index (χ0v) is 12.4. The van der Waals surface area contributed by atoms with Crippen molar-refractivity contribution in [1.82, 2.24) is 10.2 Å². The number of halogens is 2. The van der Waals surface area contributed by atoms with E-state index in [1.165, 1.54) is 6.07 Å². The molecule has 0 spiro atoms. The zero-order valence-electron chi connectivity index (χ0n) is 11.7. The fourth-order valence-corrected chi connectivity index (χ4v) is 1.90. The van der Waals surface area contributed by atoms with Gasteiger partial charge >= 0.3 is 12.0 Å². The molecule has 1 aromatic carbocycles. The number of benzene rings is 1. The van der Waals surface area contributed by atoms with E-state index in [-0.39, 0.29) is 16.3 Å². The summed E-state index contributed by atoms with van der Waals surface area (Å²) >= 11 is 5.70. The highest BCUT2D eigenvalue weighted by Crippen LogP contribution is 2.24. The summed E-state index contributed by atoms with van der Waals surface area (Å²) in [7, 11) is 1.11. The Kier molecular flexibility index (Phi) is 4.62. The van der Waals surface area contributed by atoms with E-state index >= 15 is 0 Å². The lowest BCUT2D eigenvalue weighted by Crippen LogP contribution is -2.20. The van der Waals surface area contributed by atoms with Crippen LogP contribution in [-0.2, 0) is 4.74 Å². The first kappa shape index (κ1) is 15.8. The molecule has 3 N–H and O–H groups in total. The van der Waals surface area contributed by atoms with Gasteiger partial charge in [-0.25, -0.2) is 14.0 Å². The third-order valence-corrected chi connectivity index (χ3v) is 2.91. The second-order valence-electron chi connectivity index (χ2n) is 4.33. The summed E-state index contributed by atoms with van der Waals surface area (Å²) in [6, 6.07) is 3.31. The maximum Gasteiger partial charge on any atom is 0.340 e. The van der Waals surface area contributed by atoms with Gasteiger partial charge in [0.15, 0.2) is 11.6 Å². The van der Waals surface area contributed by atoms with Gasteiger partial charge in [0.2, 0.25) is 0 Å². The van der Waals surface area contributed by atoms with Crippen LogP contribution in [0.25, 0.3) is 0 Å². The van der Waals surface area contributed by atoms with E-state index in [9.17, 15) is 14.0 Å². The second-order valence-corrected chi connectivity index (χ2v) is 4.73. The summed E-state index contributed by atoms with van der Waals surface area (Å²) in [5.41, 5.74) is 0.533. The molecule has 116 valence electrons. The number of esters is 1.